The van der Waals surface area contributed by atoms with Crippen molar-refractivity contribution in [1.29, 1.82) is 0 Å². The molecule has 3 aromatic rings. The van der Waals surface area contributed by atoms with E-state index in [1.165, 1.54) is 23.4 Å². The summed E-state index contributed by atoms with van der Waals surface area (Å²) >= 11 is 11.9. The molecule has 1 fully saturated rings. The minimum atomic E-state index is -4.59. The largest absolute Gasteiger partial charge is 0.483 e. The molecule has 43 heavy (non-hydrogen) atoms. The van der Waals surface area contributed by atoms with Gasteiger partial charge in [-0.15, -0.1) is 0 Å². The predicted molar refractivity (Wildman–Crippen MR) is 155 cm³/mol. The number of hydrogen-bond donors (Lipinski definition) is 7. The highest BCUT2D eigenvalue weighted by molar-refractivity contribution is 6.31. The summed E-state index contributed by atoms with van der Waals surface area (Å²) in [6.45, 7) is 3.87. The molecule has 0 radical (unpaired) electrons. The second-order valence-electron chi connectivity index (χ2n) is 9.04. The van der Waals surface area contributed by atoms with Gasteiger partial charge in [-0.3, -0.25) is 19.3 Å². The van der Waals surface area contributed by atoms with Gasteiger partial charge in [0.15, 0.2) is 5.69 Å². The standard InChI is InChI=1S/C23H25Cl2F3N6.3CH2O2/c24-13-1-3-18-16(9-13)15-5-7-34(19(21(15)32-18)12-31-14-10-29-11-14)8-6-30-20-4-2-17(25)22(33-20)23(26,27)28;3*2-1-3/h1-4,9,14,19,29,31-32H,5-8,10-12H2,(H,30,33);3*1H,(H,2,3). The Kier molecular flexibility index (Phi) is 14.5. The number of rotatable bonds is 7. The molecule has 12 nitrogen and oxygen atoms in total. The number of benzene rings is 1. The van der Waals surface area contributed by atoms with E-state index >= 15 is 0 Å². The lowest BCUT2D eigenvalue weighted by molar-refractivity contribution is -0.141. The maximum Gasteiger partial charge on any atom is 0.434 e. The summed E-state index contributed by atoms with van der Waals surface area (Å²) in [7, 11) is 0. The van der Waals surface area contributed by atoms with Crippen molar-refractivity contribution >= 4 is 59.3 Å². The number of carboxylic acid groups (broad SMARTS) is 3. The first-order chi connectivity index (χ1) is 20.5. The number of halogens is 5. The zero-order valence-electron chi connectivity index (χ0n) is 22.6. The Bertz CT molecular complexity index is 1330. The van der Waals surface area contributed by atoms with E-state index in [1.54, 1.807) is 0 Å². The lowest BCUT2D eigenvalue weighted by Gasteiger charge is -2.38. The number of H-pyrrole nitrogens is 1. The molecule has 1 saturated heterocycles. The molecule has 2 aliphatic rings. The molecule has 0 amide bonds. The van der Waals surface area contributed by atoms with E-state index in [-0.39, 0.29) is 31.3 Å². The van der Waals surface area contributed by atoms with Crippen molar-refractivity contribution < 1.29 is 42.9 Å². The topological polar surface area (TPSA) is 180 Å². The van der Waals surface area contributed by atoms with Gasteiger partial charge in [0.05, 0.1) is 11.1 Å². The van der Waals surface area contributed by atoms with Crippen molar-refractivity contribution in [3.05, 3.63) is 57.3 Å². The molecule has 236 valence electrons. The van der Waals surface area contributed by atoms with Crippen LogP contribution in [0.3, 0.4) is 0 Å². The van der Waals surface area contributed by atoms with Gasteiger partial charge in [0.25, 0.3) is 19.4 Å². The van der Waals surface area contributed by atoms with Gasteiger partial charge in [-0.05, 0) is 42.3 Å². The lowest BCUT2D eigenvalue weighted by Crippen LogP contribution is -2.57. The van der Waals surface area contributed by atoms with Crippen LogP contribution in [0.2, 0.25) is 10.0 Å². The minimum Gasteiger partial charge on any atom is -0.483 e. The van der Waals surface area contributed by atoms with Crippen LogP contribution in [0.15, 0.2) is 30.3 Å². The normalized spacial score (nSPS) is 16.1. The smallest absolute Gasteiger partial charge is 0.434 e. The van der Waals surface area contributed by atoms with E-state index in [0.717, 1.165) is 43.5 Å². The van der Waals surface area contributed by atoms with Gasteiger partial charge < -0.3 is 36.3 Å². The number of hydrogen-bond acceptors (Lipinski definition) is 8. The van der Waals surface area contributed by atoms with Crippen molar-refractivity contribution in [3.8, 4) is 0 Å². The molecule has 1 atom stereocenters. The monoisotopic (exact) mass is 650 g/mol. The Balaban J connectivity index is 0.000000641. The molecule has 1 unspecified atom stereocenters. The summed E-state index contributed by atoms with van der Waals surface area (Å²) < 4.78 is 39.4. The average Bonchev–Trinajstić information content (AvgIpc) is 3.28. The van der Waals surface area contributed by atoms with Crippen LogP contribution in [0.5, 0.6) is 0 Å². The third kappa shape index (κ3) is 10.2. The summed E-state index contributed by atoms with van der Waals surface area (Å²) in [6, 6.07) is 9.15. The molecular formula is C26H31Cl2F3N6O6. The van der Waals surface area contributed by atoms with Crippen LogP contribution < -0.4 is 16.0 Å². The van der Waals surface area contributed by atoms with Gasteiger partial charge in [-0.25, -0.2) is 4.98 Å². The van der Waals surface area contributed by atoms with Crippen molar-refractivity contribution in [2.45, 2.75) is 24.7 Å². The van der Waals surface area contributed by atoms with Gasteiger partial charge in [-0.2, -0.15) is 13.2 Å². The summed E-state index contributed by atoms with van der Waals surface area (Å²) in [4.78, 5) is 34.7. The molecule has 0 spiro atoms. The van der Waals surface area contributed by atoms with Gasteiger partial charge in [-0.1, -0.05) is 23.2 Å². The van der Waals surface area contributed by atoms with E-state index < -0.39 is 16.9 Å². The fourth-order valence-corrected chi connectivity index (χ4v) is 5.05. The molecule has 0 aliphatic carbocycles. The van der Waals surface area contributed by atoms with Crippen LogP contribution in [-0.2, 0) is 27.0 Å². The van der Waals surface area contributed by atoms with Gasteiger partial charge in [0, 0.05) is 66.9 Å². The number of carbonyl (C=O) groups is 3. The molecular weight excluding hydrogens is 620 g/mol. The second-order valence-corrected chi connectivity index (χ2v) is 9.88. The number of nitrogens with one attached hydrogen (secondary N) is 4. The van der Waals surface area contributed by atoms with Crippen molar-refractivity contribution in [2.75, 3.05) is 44.6 Å². The zero-order chi connectivity index (χ0) is 32.0. The Labute approximate surface area is 254 Å². The molecule has 7 N–H and O–H groups in total. The van der Waals surface area contributed by atoms with Crippen LogP contribution in [0, 0.1) is 0 Å². The summed E-state index contributed by atoms with van der Waals surface area (Å²) in [5, 5.41) is 32.1. The first kappa shape index (κ1) is 35.6. The number of alkyl halides is 3. The first-order valence-electron chi connectivity index (χ1n) is 12.7. The minimum absolute atomic E-state index is 0.112. The summed E-state index contributed by atoms with van der Waals surface area (Å²) in [5.41, 5.74) is 2.45. The van der Waals surface area contributed by atoms with Crippen molar-refractivity contribution in [1.82, 2.24) is 25.5 Å². The van der Waals surface area contributed by atoms with E-state index in [1.807, 2.05) is 18.2 Å². The van der Waals surface area contributed by atoms with E-state index in [2.05, 4.69) is 30.8 Å². The van der Waals surface area contributed by atoms with Crippen LogP contribution in [0.25, 0.3) is 10.9 Å². The number of aromatic amines is 1. The van der Waals surface area contributed by atoms with Gasteiger partial charge in [0.1, 0.15) is 5.82 Å². The van der Waals surface area contributed by atoms with Crippen molar-refractivity contribution in [3.63, 3.8) is 0 Å². The first-order valence-corrected chi connectivity index (χ1v) is 13.5. The van der Waals surface area contributed by atoms with E-state index in [9.17, 15) is 13.2 Å². The third-order valence-electron chi connectivity index (χ3n) is 6.53. The molecule has 1 aromatic carbocycles. The van der Waals surface area contributed by atoms with Crippen LogP contribution in [0.4, 0.5) is 19.0 Å². The van der Waals surface area contributed by atoms with Gasteiger partial charge in [0.2, 0.25) is 0 Å². The fourth-order valence-electron chi connectivity index (χ4n) is 4.67. The Morgan fingerprint density at radius 2 is 1.70 bits per heavy atom. The highest BCUT2D eigenvalue weighted by atomic mass is 35.5. The number of aromatic nitrogens is 2. The van der Waals surface area contributed by atoms with Crippen LogP contribution in [-0.4, -0.2) is 94.9 Å². The van der Waals surface area contributed by atoms with Gasteiger partial charge >= 0.3 is 6.18 Å². The van der Waals surface area contributed by atoms with Crippen LogP contribution in [0.1, 0.15) is 23.0 Å². The number of anilines is 1. The summed E-state index contributed by atoms with van der Waals surface area (Å²) in [6.07, 6.45) is -3.72. The molecule has 0 bridgehead atoms. The maximum atomic E-state index is 13.1. The van der Waals surface area contributed by atoms with E-state index in [4.69, 9.17) is 52.9 Å². The quantitative estimate of drug-likeness (QED) is 0.186. The molecule has 4 heterocycles. The zero-order valence-corrected chi connectivity index (χ0v) is 24.1. The fraction of sp³-hybridized carbons (Fsp3) is 0.385. The Morgan fingerprint density at radius 3 is 2.28 bits per heavy atom. The highest BCUT2D eigenvalue weighted by Crippen LogP contribution is 2.36. The van der Waals surface area contributed by atoms with E-state index in [0.29, 0.717) is 24.2 Å². The second kappa shape index (κ2) is 17.5. The Morgan fingerprint density at radius 1 is 1.05 bits per heavy atom. The molecule has 2 aliphatic heterocycles. The number of nitrogens with zero attached hydrogens (tertiary/aromatic N) is 2. The SMILES string of the molecule is FC(F)(F)c1nc(NCCN2CCc3c([nH]c4ccc(Cl)cc34)C2CNC2CNC2)ccc1Cl.O=CO.O=CO.O=CO. The maximum absolute atomic E-state index is 13.1. The molecule has 17 heteroatoms. The third-order valence-corrected chi connectivity index (χ3v) is 7.07. The van der Waals surface area contributed by atoms with Crippen LogP contribution >= 0.6 is 23.2 Å². The number of pyridine rings is 1. The van der Waals surface area contributed by atoms with Crippen molar-refractivity contribution in [2.24, 2.45) is 0 Å². The predicted octanol–water partition coefficient (Wildman–Crippen LogP) is 3.56. The average molecular weight is 651 g/mol. The molecule has 0 saturated carbocycles. The Hall–Kier alpha value is -3.63. The highest BCUT2D eigenvalue weighted by Gasteiger charge is 2.35. The summed E-state index contributed by atoms with van der Waals surface area (Å²) in [5.74, 6) is 0.157. The molecule has 2 aromatic heterocycles. The molecule has 5 rings (SSSR count). The number of fused-ring (bicyclic) bond motifs is 3. The lowest BCUT2D eigenvalue weighted by atomic mass is 9.96.